The van der Waals surface area contributed by atoms with E-state index >= 15 is 8.78 Å². The number of carbonyl (C=O) groups excluding carboxylic acids is 2. The van der Waals surface area contributed by atoms with E-state index in [1.165, 1.54) is 29.1 Å². The minimum Gasteiger partial charge on any atom is -0.443 e. The van der Waals surface area contributed by atoms with E-state index in [9.17, 15) is 28.0 Å². The van der Waals surface area contributed by atoms with Crippen LogP contribution in [-0.2, 0) is 20.4 Å². The van der Waals surface area contributed by atoms with Crippen LogP contribution in [-0.4, -0.2) is 99.0 Å². The molecule has 10 rings (SSSR count). The molecule has 3 saturated carbocycles. The van der Waals surface area contributed by atoms with Crippen LogP contribution in [0.3, 0.4) is 0 Å². The maximum atomic E-state index is 16.2. The molecule has 346 valence electrons. The van der Waals surface area contributed by atoms with Gasteiger partial charge >= 0.3 is 30.1 Å². The van der Waals surface area contributed by atoms with E-state index in [1.807, 2.05) is 13.0 Å². The molecule has 6 aromatic heterocycles. The molecule has 6 aromatic rings. The van der Waals surface area contributed by atoms with Gasteiger partial charge in [0.15, 0.2) is 29.5 Å². The summed E-state index contributed by atoms with van der Waals surface area (Å²) in [5, 5.41) is 31.6. The third-order valence-electron chi connectivity index (χ3n) is 12.3. The van der Waals surface area contributed by atoms with Crippen molar-refractivity contribution in [1.29, 1.82) is 5.26 Å². The van der Waals surface area contributed by atoms with Crippen molar-refractivity contribution in [2.45, 2.75) is 119 Å². The number of hydrogen-bond donors (Lipinski definition) is 6. The number of fused-ring (bicyclic) bond motifs is 2. The van der Waals surface area contributed by atoms with Crippen molar-refractivity contribution in [1.82, 2.24) is 54.7 Å². The third kappa shape index (κ3) is 8.24. The van der Waals surface area contributed by atoms with Crippen LogP contribution in [0.25, 0.3) is 11.3 Å². The molecule has 1 aliphatic heterocycles. The van der Waals surface area contributed by atoms with Gasteiger partial charge in [-0.3, -0.25) is 9.50 Å². The molecule has 8 atom stereocenters. The van der Waals surface area contributed by atoms with E-state index in [0.29, 0.717) is 29.7 Å². The molecule has 0 radical (unpaired) electrons. The molecule has 7 heterocycles. The molecule has 6 N–H and O–H groups in total. The van der Waals surface area contributed by atoms with Crippen LogP contribution in [0.4, 0.5) is 55.1 Å². The summed E-state index contributed by atoms with van der Waals surface area (Å²) in [4.78, 5) is 41.8. The smallest absolute Gasteiger partial charge is 0.433 e. The zero-order valence-corrected chi connectivity index (χ0v) is 35.4. The van der Waals surface area contributed by atoms with Gasteiger partial charge in [0, 0.05) is 66.1 Å². The van der Waals surface area contributed by atoms with Crippen LogP contribution < -0.4 is 25.9 Å². The van der Waals surface area contributed by atoms with E-state index in [4.69, 9.17) is 14.2 Å². The number of anilines is 4. The Morgan fingerprint density at radius 1 is 1.00 bits per heavy atom. The summed E-state index contributed by atoms with van der Waals surface area (Å²) in [5.41, 5.74) is 0.223. The van der Waals surface area contributed by atoms with Gasteiger partial charge in [0.1, 0.15) is 41.8 Å². The number of ether oxygens (including phenoxy) is 3. The summed E-state index contributed by atoms with van der Waals surface area (Å²) in [6.07, 6.45) is -4.27. The van der Waals surface area contributed by atoms with Crippen LogP contribution in [0.1, 0.15) is 105 Å². The number of imidazole rings is 2. The van der Waals surface area contributed by atoms with Crippen LogP contribution in [0.5, 0.6) is 0 Å². The molecule has 0 aromatic carbocycles. The van der Waals surface area contributed by atoms with E-state index < -0.39 is 66.7 Å². The van der Waals surface area contributed by atoms with Crippen molar-refractivity contribution in [3.63, 3.8) is 0 Å². The van der Waals surface area contributed by atoms with Crippen molar-refractivity contribution in [2.75, 3.05) is 17.2 Å². The fourth-order valence-electron chi connectivity index (χ4n) is 8.58. The Morgan fingerprint density at radius 2 is 1.80 bits per heavy atom. The molecule has 0 bridgehead atoms. The van der Waals surface area contributed by atoms with E-state index in [1.54, 1.807) is 35.2 Å². The van der Waals surface area contributed by atoms with Crippen LogP contribution in [0, 0.1) is 11.3 Å². The molecular formula is C41H43F5N15O5+. The van der Waals surface area contributed by atoms with E-state index in [-0.39, 0.29) is 71.1 Å². The van der Waals surface area contributed by atoms with Gasteiger partial charge in [-0.05, 0) is 46.5 Å². The second-order valence-corrected chi connectivity index (χ2v) is 17.6. The topological polar surface area (TPSA) is 242 Å². The van der Waals surface area contributed by atoms with E-state index in [2.05, 4.69) is 56.5 Å². The first kappa shape index (κ1) is 42.8. The highest BCUT2D eigenvalue weighted by molar-refractivity contribution is 5.69. The number of amides is 2. The van der Waals surface area contributed by atoms with Gasteiger partial charge in [-0.25, -0.2) is 48.1 Å². The highest BCUT2D eigenvalue weighted by atomic mass is 19.4. The minimum atomic E-state index is -4.78. The SMILES string of the molecule is CC(C)NC(=O)O[C@@H]1CO[C@H](c2cc(Nc3ncc(C4CC4[n+]4[nH]c([C@H]5CC[C@@H](OC(=O)NC6(C)CC6)[C@H]5F)cc4Nc4nc(C(F)(F)F)cc5nccn45)c4nc(C#N)cn34)n[nH]2)[C@@H]1F. The quantitative estimate of drug-likeness (QED) is 0.0611. The highest BCUT2D eigenvalue weighted by Gasteiger charge is 2.50. The predicted molar refractivity (Wildman–Crippen MR) is 218 cm³/mol. The number of hydrogen-bond acceptors (Lipinski definition) is 13. The summed E-state index contributed by atoms with van der Waals surface area (Å²) >= 11 is 0. The summed E-state index contributed by atoms with van der Waals surface area (Å²) in [6.45, 7) is 5.21. The lowest BCUT2D eigenvalue weighted by Crippen LogP contribution is -2.39. The number of alkyl carbamates (subject to hydrolysis) is 2. The fourth-order valence-corrected chi connectivity index (χ4v) is 8.58. The molecule has 3 aliphatic carbocycles. The molecular weight excluding hydrogens is 878 g/mol. The van der Waals surface area contributed by atoms with Gasteiger partial charge in [0.25, 0.3) is 0 Å². The average molecular weight is 921 g/mol. The van der Waals surface area contributed by atoms with Gasteiger partial charge in [-0.2, -0.15) is 33.2 Å². The monoisotopic (exact) mass is 920 g/mol. The van der Waals surface area contributed by atoms with Crippen molar-refractivity contribution in [3.8, 4) is 6.07 Å². The zero-order valence-electron chi connectivity index (χ0n) is 35.4. The molecule has 4 fully saturated rings. The summed E-state index contributed by atoms with van der Waals surface area (Å²) in [5.74, 6) is -0.560. The molecule has 66 heavy (non-hydrogen) atoms. The van der Waals surface area contributed by atoms with Gasteiger partial charge in [0.05, 0.1) is 30.3 Å². The number of carbonyl (C=O) groups is 2. The van der Waals surface area contributed by atoms with Crippen LogP contribution >= 0.6 is 0 Å². The number of nitriles is 1. The van der Waals surface area contributed by atoms with Gasteiger partial charge < -0.3 is 30.2 Å². The molecule has 1 saturated heterocycles. The molecule has 2 amide bonds. The summed E-state index contributed by atoms with van der Waals surface area (Å²) in [6, 6.07) is 5.41. The second-order valence-electron chi connectivity index (χ2n) is 17.6. The first-order chi connectivity index (χ1) is 31.5. The Hall–Kier alpha value is -7.10. The summed E-state index contributed by atoms with van der Waals surface area (Å²) in [7, 11) is 0. The minimum absolute atomic E-state index is 0.00472. The van der Waals surface area contributed by atoms with Crippen molar-refractivity contribution < 1.29 is 50.4 Å². The standard InChI is InChI=1S/C41H42F5N15O5/c1-18(2)50-38(62)66-27-17-64-34(33(27)43)24-11-29(57-56-24)53-36-49-15-22(35-51-19(14-47)16-60(35)36)21-10-25(21)61-31(54-37-52-28(41(44,45)46)13-30-48-8-9-59(30)37)12-23(58-61)20-4-5-26(32(20)42)65-39(63)55-40(3)6-7-40/h8-9,11-13,15-16,18,20-21,25-27,32-34H,4-7,10,17H2,1-3H3,(H5,48,49,50,51,52,53,54,55,56,57,58,62,63)/p+1/t20-,21?,25?,26-,27-,32+,33-,34-/m1/s1. The van der Waals surface area contributed by atoms with E-state index in [0.717, 1.165) is 18.9 Å². The van der Waals surface area contributed by atoms with Crippen LogP contribution in [0.2, 0.25) is 0 Å². The predicted octanol–water partition coefficient (Wildman–Crippen LogP) is 5.99. The zero-order chi connectivity index (χ0) is 46.2. The van der Waals surface area contributed by atoms with Crippen molar-refractivity contribution >= 4 is 47.0 Å². The average Bonchev–Trinajstić information content (AvgIpc) is 3.68. The number of H-pyrrole nitrogens is 2. The van der Waals surface area contributed by atoms with Crippen LogP contribution in [0.15, 0.2) is 43.0 Å². The molecule has 2 unspecified atom stereocenters. The lowest BCUT2D eigenvalue weighted by atomic mass is 10.0. The maximum Gasteiger partial charge on any atom is 0.433 e. The van der Waals surface area contributed by atoms with Gasteiger partial charge in [0.2, 0.25) is 5.95 Å². The Kier molecular flexibility index (Phi) is 10.4. The van der Waals surface area contributed by atoms with Crippen molar-refractivity contribution in [3.05, 3.63) is 71.3 Å². The second kappa shape index (κ2) is 16.1. The Bertz CT molecular complexity index is 2880. The number of rotatable bonds is 12. The first-order valence-corrected chi connectivity index (χ1v) is 21.3. The summed E-state index contributed by atoms with van der Waals surface area (Å²) < 4.78 is 94.7. The largest absolute Gasteiger partial charge is 0.443 e. The molecule has 25 heteroatoms. The number of alkyl halides is 5. The number of halogens is 5. The Labute approximate surface area is 370 Å². The van der Waals surface area contributed by atoms with Gasteiger partial charge in [-0.15, -0.1) is 0 Å². The molecule has 4 aliphatic rings. The van der Waals surface area contributed by atoms with Gasteiger partial charge in [-0.1, -0.05) is 0 Å². The number of aromatic amines is 2. The third-order valence-corrected chi connectivity index (χ3v) is 12.3. The fraction of sp³-hybridized carbons (Fsp3) is 0.488. The highest BCUT2D eigenvalue weighted by Crippen LogP contribution is 2.50. The lowest BCUT2D eigenvalue weighted by molar-refractivity contribution is -0.742. The molecule has 20 nitrogen and oxygen atoms in total. The Balaban J connectivity index is 0.920. The lowest BCUT2D eigenvalue weighted by Gasteiger charge is -2.19. The van der Waals surface area contributed by atoms with Crippen molar-refractivity contribution in [2.24, 2.45) is 0 Å². The number of nitrogens with zero attached hydrogens (tertiary/aromatic N) is 9. The first-order valence-electron chi connectivity index (χ1n) is 21.3. The maximum absolute atomic E-state index is 16.2. The number of nitrogens with one attached hydrogen (secondary N) is 6. The number of aromatic nitrogens is 10. The Morgan fingerprint density at radius 3 is 2.56 bits per heavy atom. The normalized spacial score (nSPS) is 25.5. The molecule has 0 spiro atoms.